The predicted octanol–water partition coefficient (Wildman–Crippen LogP) is 5.94. The maximum absolute atomic E-state index is 5.88. The summed E-state index contributed by atoms with van der Waals surface area (Å²) in [7, 11) is 0. The zero-order valence-corrected chi connectivity index (χ0v) is 18.5. The molecule has 0 unspecified atom stereocenters. The largest absolute Gasteiger partial charge is 0.454 e. The van der Waals surface area contributed by atoms with Crippen molar-refractivity contribution in [2.75, 3.05) is 25.3 Å². The highest BCUT2D eigenvalue weighted by Gasteiger charge is 2.26. The summed E-state index contributed by atoms with van der Waals surface area (Å²) < 4.78 is 22.9. The predicted molar refractivity (Wildman–Crippen MR) is 124 cm³/mol. The summed E-state index contributed by atoms with van der Waals surface area (Å²) >= 11 is 0. The zero-order chi connectivity index (χ0) is 21.6. The molecule has 0 bridgehead atoms. The Kier molecular flexibility index (Phi) is 6.95. The molecular formula is C26H31NO4. The normalized spacial score (nSPS) is 14.7. The molecule has 5 heteroatoms. The lowest BCUT2D eigenvalue weighted by Gasteiger charge is -2.30. The molecule has 0 spiro atoms. The Bertz CT molecular complexity index is 1000. The number of fused-ring (bicyclic) bond motifs is 2. The average Bonchev–Trinajstić information content (AvgIpc) is 3.25. The summed E-state index contributed by atoms with van der Waals surface area (Å²) in [5.74, 6) is 1.75. The van der Waals surface area contributed by atoms with E-state index >= 15 is 0 Å². The number of hydrogen-bond donors (Lipinski definition) is 1. The smallest absolute Gasteiger partial charge is 0.231 e. The van der Waals surface area contributed by atoms with Crippen LogP contribution in [0.5, 0.6) is 11.5 Å². The second kappa shape index (κ2) is 10.0. The lowest BCUT2D eigenvalue weighted by Crippen LogP contribution is -2.30. The number of benzene rings is 3. The van der Waals surface area contributed by atoms with Crippen molar-refractivity contribution in [3.8, 4) is 11.5 Å². The summed E-state index contributed by atoms with van der Waals surface area (Å²) in [6.07, 6.45) is 0.481. The van der Waals surface area contributed by atoms with Gasteiger partial charge in [-0.15, -0.1) is 0 Å². The van der Waals surface area contributed by atoms with Crippen molar-refractivity contribution in [3.63, 3.8) is 0 Å². The molecule has 1 aliphatic rings. The molecule has 1 N–H and O–H groups in total. The van der Waals surface area contributed by atoms with E-state index in [2.05, 4.69) is 66.8 Å². The first-order chi connectivity index (χ1) is 15.2. The molecule has 0 amide bonds. The number of nitrogens with one attached hydrogen (secondary N) is 1. The fourth-order valence-electron chi connectivity index (χ4n) is 4.18. The van der Waals surface area contributed by atoms with Gasteiger partial charge >= 0.3 is 0 Å². The summed E-state index contributed by atoms with van der Waals surface area (Å²) in [6.45, 7) is 7.71. The standard InChI is InChI=1S/C26H31NO4/c1-4-28-26(29-5-2)16-23(21-11-13-24-25(15-21)31-17-30-24)18(3)27-22-12-10-19-8-6-7-9-20(19)14-22/h6-15,18,23,26-27H,4-5,16-17H2,1-3H3/t18-,23+/m1/s1. The molecule has 0 saturated heterocycles. The molecule has 1 aliphatic heterocycles. The second-order valence-corrected chi connectivity index (χ2v) is 7.79. The molecular weight excluding hydrogens is 390 g/mol. The molecule has 3 aromatic rings. The van der Waals surface area contributed by atoms with E-state index in [0.29, 0.717) is 13.2 Å². The molecule has 0 aromatic heterocycles. The van der Waals surface area contributed by atoms with Crippen LogP contribution in [-0.4, -0.2) is 32.3 Å². The Balaban J connectivity index is 1.59. The molecule has 4 rings (SSSR count). The lowest BCUT2D eigenvalue weighted by atomic mass is 9.88. The highest BCUT2D eigenvalue weighted by Crippen LogP contribution is 2.37. The number of ether oxygens (including phenoxy) is 4. The van der Waals surface area contributed by atoms with Crippen LogP contribution in [0.4, 0.5) is 5.69 Å². The number of anilines is 1. The molecule has 5 nitrogen and oxygen atoms in total. The monoisotopic (exact) mass is 421 g/mol. The first-order valence-corrected chi connectivity index (χ1v) is 11.1. The molecule has 0 aliphatic carbocycles. The summed E-state index contributed by atoms with van der Waals surface area (Å²) in [6, 6.07) is 21.2. The Labute approximate surface area is 184 Å². The molecule has 31 heavy (non-hydrogen) atoms. The quantitative estimate of drug-likeness (QED) is 0.411. The van der Waals surface area contributed by atoms with E-state index < -0.39 is 0 Å². The summed E-state index contributed by atoms with van der Waals surface area (Å²) in [5.41, 5.74) is 2.27. The highest BCUT2D eigenvalue weighted by molar-refractivity contribution is 5.85. The van der Waals surface area contributed by atoms with Gasteiger partial charge in [0.1, 0.15) is 0 Å². The maximum Gasteiger partial charge on any atom is 0.231 e. The minimum atomic E-state index is -0.258. The highest BCUT2D eigenvalue weighted by atomic mass is 16.7. The van der Waals surface area contributed by atoms with Gasteiger partial charge in [0, 0.05) is 37.3 Å². The van der Waals surface area contributed by atoms with Crippen molar-refractivity contribution < 1.29 is 18.9 Å². The molecule has 0 radical (unpaired) electrons. The van der Waals surface area contributed by atoms with E-state index in [1.165, 1.54) is 16.3 Å². The van der Waals surface area contributed by atoms with Crippen molar-refractivity contribution >= 4 is 16.5 Å². The van der Waals surface area contributed by atoms with Crippen LogP contribution in [0.25, 0.3) is 10.8 Å². The van der Waals surface area contributed by atoms with E-state index in [9.17, 15) is 0 Å². The minimum absolute atomic E-state index is 0.143. The average molecular weight is 422 g/mol. The number of hydrogen-bond acceptors (Lipinski definition) is 5. The first kappa shape index (κ1) is 21.5. The molecule has 2 atom stereocenters. The van der Waals surface area contributed by atoms with Crippen LogP contribution in [0.3, 0.4) is 0 Å². The van der Waals surface area contributed by atoms with Gasteiger partial charge in [0.15, 0.2) is 17.8 Å². The van der Waals surface area contributed by atoms with Gasteiger partial charge in [-0.2, -0.15) is 0 Å². The molecule has 3 aromatic carbocycles. The van der Waals surface area contributed by atoms with E-state index in [0.717, 1.165) is 23.6 Å². The third kappa shape index (κ3) is 5.12. The van der Waals surface area contributed by atoms with Crippen molar-refractivity contribution in [1.29, 1.82) is 0 Å². The molecule has 0 fully saturated rings. The number of rotatable bonds is 10. The fraction of sp³-hybridized carbons (Fsp3) is 0.385. The van der Waals surface area contributed by atoms with Crippen LogP contribution >= 0.6 is 0 Å². The Hall–Kier alpha value is -2.76. The Morgan fingerprint density at radius 3 is 2.39 bits per heavy atom. The van der Waals surface area contributed by atoms with Crippen LogP contribution in [0.1, 0.15) is 38.7 Å². The van der Waals surface area contributed by atoms with E-state index in [1.54, 1.807) is 0 Å². The lowest BCUT2D eigenvalue weighted by molar-refractivity contribution is -0.142. The van der Waals surface area contributed by atoms with E-state index in [-0.39, 0.29) is 25.0 Å². The third-order valence-corrected chi connectivity index (χ3v) is 5.72. The van der Waals surface area contributed by atoms with Gasteiger partial charge in [-0.1, -0.05) is 36.4 Å². The van der Waals surface area contributed by atoms with Gasteiger partial charge in [0.2, 0.25) is 6.79 Å². The third-order valence-electron chi connectivity index (χ3n) is 5.72. The van der Waals surface area contributed by atoms with Gasteiger partial charge in [0.05, 0.1) is 0 Å². The van der Waals surface area contributed by atoms with Crippen molar-refractivity contribution in [1.82, 2.24) is 0 Å². The maximum atomic E-state index is 5.88. The summed E-state index contributed by atoms with van der Waals surface area (Å²) in [5, 5.41) is 6.17. The summed E-state index contributed by atoms with van der Waals surface area (Å²) in [4.78, 5) is 0. The van der Waals surface area contributed by atoms with Crippen molar-refractivity contribution in [3.05, 3.63) is 66.2 Å². The van der Waals surface area contributed by atoms with Crippen LogP contribution in [-0.2, 0) is 9.47 Å². The Morgan fingerprint density at radius 1 is 0.871 bits per heavy atom. The van der Waals surface area contributed by atoms with Gasteiger partial charge in [0.25, 0.3) is 0 Å². The Morgan fingerprint density at radius 2 is 1.61 bits per heavy atom. The SMILES string of the molecule is CCOC(C[C@H](c1ccc2c(c1)OCO2)[C@@H](C)Nc1ccc2ccccc2c1)OCC. The zero-order valence-electron chi connectivity index (χ0n) is 18.5. The van der Waals surface area contributed by atoms with Crippen molar-refractivity contribution in [2.45, 2.75) is 45.4 Å². The molecule has 0 saturated carbocycles. The van der Waals surface area contributed by atoms with E-state index in [1.807, 2.05) is 19.9 Å². The second-order valence-electron chi connectivity index (χ2n) is 7.79. The van der Waals surface area contributed by atoms with Gasteiger partial charge in [-0.25, -0.2) is 0 Å². The van der Waals surface area contributed by atoms with Crippen LogP contribution < -0.4 is 14.8 Å². The van der Waals surface area contributed by atoms with E-state index in [4.69, 9.17) is 18.9 Å². The topological polar surface area (TPSA) is 49.0 Å². The van der Waals surface area contributed by atoms with Crippen LogP contribution in [0.2, 0.25) is 0 Å². The first-order valence-electron chi connectivity index (χ1n) is 11.1. The minimum Gasteiger partial charge on any atom is -0.454 e. The van der Waals surface area contributed by atoms with Crippen LogP contribution in [0.15, 0.2) is 60.7 Å². The van der Waals surface area contributed by atoms with Crippen LogP contribution in [0, 0.1) is 0 Å². The fourth-order valence-corrected chi connectivity index (χ4v) is 4.18. The van der Waals surface area contributed by atoms with Gasteiger partial charge in [-0.05, 0) is 61.4 Å². The van der Waals surface area contributed by atoms with Crippen molar-refractivity contribution in [2.24, 2.45) is 0 Å². The van der Waals surface area contributed by atoms with Gasteiger partial charge < -0.3 is 24.3 Å². The molecule has 1 heterocycles. The van der Waals surface area contributed by atoms with Gasteiger partial charge in [-0.3, -0.25) is 0 Å². The molecule has 164 valence electrons.